The Bertz CT molecular complexity index is 75.3. The van der Waals surface area contributed by atoms with Crippen LogP contribution in [0.5, 0.6) is 0 Å². The first-order valence-electron chi connectivity index (χ1n) is 3.03. The molecule has 0 rings (SSSR count). The Morgan fingerprint density at radius 2 is 1.70 bits per heavy atom. The third kappa shape index (κ3) is 6.92. The molecule has 0 unspecified atom stereocenters. The zero-order chi connectivity index (χ0) is 7.11. The van der Waals surface area contributed by atoms with Crippen molar-refractivity contribution in [2.75, 3.05) is 13.2 Å². The van der Waals surface area contributed by atoms with Crippen LogP contribution in [0.3, 0.4) is 0 Å². The molecule has 0 bridgehead atoms. The first-order chi connectivity index (χ1) is 4.35. The van der Waals surface area contributed by atoms with E-state index in [1.807, 2.05) is 13.8 Å². The van der Waals surface area contributed by atoms with Crippen molar-refractivity contribution in [3.8, 4) is 0 Å². The van der Waals surface area contributed by atoms with Gasteiger partial charge < -0.3 is 13.6 Å². The molecular formula is C5H13NaO3Si. The molecule has 0 amide bonds. The monoisotopic (exact) mass is 172 g/mol. The van der Waals surface area contributed by atoms with E-state index in [1.165, 1.54) is 0 Å². The van der Waals surface area contributed by atoms with Crippen molar-refractivity contribution >= 4 is 44.8 Å². The zero-order valence-electron chi connectivity index (χ0n) is 5.79. The van der Waals surface area contributed by atoms with E-state index in [9.17, 15) is 4.79 Å². The molecule has 0 aromatic carbocycles. The zero-order valence-corrected chi connectivity index (χ0v) is 6.95. The summed E-state index contributed by atoms with van der Waals surface area (Å²) in [4.78, 5) is 10.1. The van der Waals surface area contributed by atoms with E-state index in [0.29, 0.717) is 13.2 Å². The van der Waals surface area contributed by atoms with E-state index in [-0.39, 0.29) is 29.6 Å². The van der Waals surface area contributed by atoms with Crippen molar-refractivity contribution < 1.29 is 13.6 Å². The quantitative estimate of drug-likeness (QED) is 0.410. The normalized spacial score (nSPS) is 9.10. The van der Waals surface area contributed by atoms with Gasteiger partial charge in [-0.2, -0.15) is 0 Å². The molecule has 0 atom stereocenters. The molecule has 0 aliphatic rings. The van der Waals surface area contributed by atoms with Crippen LogP contribution in [0.15, 0.2) is 0 Å². The van der Waals surface area contributed by atoms with Crippen LogP contribution in [0, 0.1) is 0 Å². The van der Waals surface area contributed by atoms with Gasteiger partial charge in [0.1, 0.15) is 0 Å². The Labute approximate surface area is 85.2 Å². The average Bonchev–Trinajstić information content (AvgIpc) is 1.88. The number of carbonyl (C=O) groups is 1. The summed E-state index contributed by atoms with van der Waals surface area (Å²) in [5.74, 6) is 0.785. The molecule has 0 saturated heterocycles. The van der Waals surface area contributed by atoms with E-state index in [1.54, 1.807) is 0 Å². The Morgan fingerprint density at radius 3 is 1.90 bits per heavy atom. The van der Waals surface area contributed by atoms with Crippen molar-refractivity contribution in [3.05, 3.63) is 0 Å². The van der Waals surface area contributed by atoms with Gasteiger partial charge in [-0.15, -0.1) is 0 Å². The molecule has 0 saturated carbocycles. The predicted octanol–water partition coefficient (Wildman–Crippen LogP) is -0.597. The average molecular weight is 172 g/mol. The van der Waals surface area contributed by atoms with Gasteiger partial charge in [-0.1, -0.05) is 0 Å². The standard InChI is InChI=1S/C5H12O3Si.Na.H/c1-3-7-9(5-6)8-4-2;;/h5,9H,3-4H2,1-2H3;;. The Hall–Kier alpha value is 0.807. The van der Waals surface area contributed by atoms with Crippen molar-refractivity contribution in [2.45, 2.75) is 13.8 Å². The topological polar surface area (TPSA) is 35.5 Å². The summed E-state index contributed by atoms with van der Waals surface area (Å²) in [5.41, 5.74) is 0. The van der Waals surface area contributed by atoms with Gasteiger partial charge in [-0.3, -0.25) is 0 Å². The van der Waals surface area contributed by atoms with Crippen LogP contribution in [-0.2, 0) is 13.6 Å². The van der Waals surface area contributed by atoms with Crippen molar-refractivity contribution in [1.82, 2.24) is 0 Å². The van der Waals surface area contributed by atoms with Gasteiger partial charge in [-0.05, 0) is 13.8 Å². The molecule has 0 radical (unpaired) electrons. The summed E-state index contributed by atoms with van der Waals surface area (Å²) in [6, 6.07) is 0. The first-order valence-corrected chi connectivity index (χ1v) is 4.64. The van der Waals surface area contributed by atoms with Crippen LogP contribution in [0.4, 0.5) is 0 Å². The fourth-order valence-corrected chi connectivity index (χ4v) is 1.37. The van der Waals surface area contributed by atoms with Crippen LogP contribution in [0.1, 0.15) is 13.8 Å². The molecule has 0 heterocycles. The van der Waals surface area contributed by atoms with Gasteiger partial charge in [0, 0.05) is 13.2 Å². The van der Waals surface area contributed by atoms with E-state index in [0.717, 1.165) is 5.91 Å². The molecule has 3 nitrogen and oxygen atoms in total. The van der Waals surface area contributed by atoms with E-state index >= 15 is 0 Å². The second-order valence-electron chi connectivity index (χ2n) is 1.42. The van der Waals surface area contributed by atoms with Crippen molar-refractivity contribution in [1.29, 1.82) is 0 Å². The third-order valence-electron chi connectivity index (χ3n) is 0.773. The summed E-state index contributed by atoms with van der Waals surface area (Å²) in [7, 11) is -1.89. The SMILES string of the molecule is CCO[SiH](C=O)OCC.[NaH]. The van der Waals surface area contributed by atoms with Gasteiger partial charge in [-0.25, -0.2) is 0 Å². The molecule has 56 valence electrons. The summed E-state index contributed by atoms with van der Waals surface area (Å²) >= 11 is 0. The van der Waals surface area contributed by atoms with Crippen LogP contribution < -0.4 is 0 Å². The molecule has 0 aliphatic carbocycles. The van der Waals surface area contributed by atoms with Crippen LogP contribution >= 0.6 is 0 Å². The van der Waals surface area contributed by atoms with E-state index in [4.69, 9.17) is 8.85 Å². The van der Waals surface area contributed by atoms with Crippen molar-refractivity contribution in [2.24, 2.45) is 0 Å². The van der Waals surface area contributed by atoms with Gasteiger partial charge in [0.15, 0.2) is 5.91 Å². The van der Waals surface area contributed by atoms with E-state index < -0.39 is 9.28 Å². The summed E-state index contributed by atoms with van der Waals surface area (Å²) in [5, 5.41) is 0. The molecule has 10 heavy (non-hydrogen) atoms. The second kappa shape index (κ2) is 9.81. The molecule has 0 fully saturated rings. The van der Waals surface area contributed by atoms with Gasteiger partial charge in [0.05, 0.1) is 0 Å². The summed E-state index contributed by atoms with van der Waals surface area (Å²) < 4.78 is 9.96. The predicted molar refractivity (Wildman–Crippen MR) is 44.3 cm³/mol. The Kier molecular flexibility index (Phi) is 13.1. The molecular weight excluding hydrogens is 159 g/mol. The fourth-order valence-electron chi connectivity index (χ4n) is 0.455. The Balaban J connectivity index is 0. The molecule has 0 aliphatic heterocycles. The molecule has 5 heteroatoms. The minimum atomic E-state index is -1.89. The van der Waals surface area contributed by atoms with Gasteiger partial charge >= 0.3 is 38.8 Å². The van der Waals surface area contributed by atoms with Crippen LogP contribution in [-0.4, -0.2) is 58.0 Å². The summed E-state index contributed by atoms with van der Waals surface area (Å²) in [6.45, 7) is 4.83. The van der Waals surface area contributed by atoms with Crippen LogP contribution in [0.25, 0.3) is 0 Å². The Morgan fingerprint density at radius 1 is 1.30 bits per heavy atom. The van der Waals surface area contributed by atoms with Crippen LogP contribution in [0.2, 0.25) is 0 Å². The number of hydrogen-bond acceptors (Lipinski definition) is 3. The fraction of sp³-hybridized carbons (Fsp3) is 0.800. The third-order valence-corrected chi connectivity index (χ3v) is 2.32. The maximum atomic E-state index is 10.1. The molecule has 0 N–H and O–H groups in total. The molecule has 0 aromatic heterocycles. The summed E-state index contributed by atoms with van der Waals surface area (Å²) in [6.07, 6.45) is 0. The number of rotatable bonds is 5. The minimum absolute atomic E-state index is 0. The molecule has 0 spiro atoms. The van der Waals surface area contributed by atoms with Gasteiger partial charge in [0.2, 0.25) is 0 Å². The maximum absolute atomic E-state index is 10.1. The van der Waals surface area contributed by atoms with Gasteiger partial charge in [0.25, 0.3) is 0 Å². The van der Waals surface area contributed by atoms with Crippen molar-refractivity contribution in [3.63, 3.8) is 0 Å². The number of carbonyl (C=O) groups excluding carboxylic acids is 1. The molecule has 0 aromatic rings. The first kappa shape index (κ1) is 13.4. The second-order valence-corrected chi connectivity index (χ2v) is 3.09. The number of hydrogen-bond donors (Lipinski definition) is 0. The van der Waals surface area contributed by atoms with E-state index in [2.05, 4.69) is 0 Å².